The average molecular weight is 626 g/mol. The highest BCUT2D eigenvalue weighted by Gasteiger charge is 2.44. The Kier molecular flexibility index (Phi) is 7.73. The Labute approximate surface area is 259 Å². The van der Waals surface area contributed by atoms with Crippen molar-refractivity contribution in [2.45, 2.75) is 67.4 Å². The van der Waals surface area contributed by atoms with Crippen LogP contribution in [0.15, 0.2) is 53.4 Å². The van der Waals surface area contributed by atoms with Gasteiger partial charge >= 0.3 is 0 Å². The first-order chi connectivity index (χ1) is 20.8. The van der Waals surface area contributed by atoms with Gasteiger partial charge in [0, 0.05) is 37.2 Å². The maximum atomic E-state index is 13.6. The topological polar surface area (TPSA) is 88.2 Å². The molecule has 1 saturated carbocycles. The summed E-state index contributed by atoms with van der Waals surface area (Å²) in [6, 6.07) is 10.7. The molecule has 2 bridgehead atoms. The van der Waals surface area contributed by atoms with Crippen LogP contribution >= 0.6 is 11.6 Å². The van der Waals surface area contributed by atoms with Crippen LogP contribution < -0.4 is 14.4 Å². The molecule has 2 aromatic carbocycles. The minimum Gasteiger partial charge on any atom is -0.490 e. The van der Waals surface area contributed by atoms with Crippen LogP contribution in [0.5, 0.6) is 5.75 Å². The lowest BCUT2D eigenvalue weighted by molar-refractivity contribution is -0.123. The number of carbonyl (C=O) groups is 1. The summed E-state index contributed by atoms with van der Waals surface area (Å²) in [4.78, 5) is 17.8. The summed E-state index contributed by atoms with van der Waals surface area (Å²) in [5.41, 5.74) is 3.04. The van der Waals surface area contributed by atoms with Crippen molar-refractivity contribution in [2.75, 3.05) is 44.8 Å². The molecular weight excluding hydrogens is 586 g/mol. The third-order valence-corrected chi connectivity index (χ3v) is 12.1. The second-order valence-electron chi connectivity index (χ2n) is 13.0. The van der Waals surface area contributed by atoms with E-state index in [0.29, 0.717) is 43.7 Å². The van der Waals surface area contributed by atoms with E-state index in [2.05, 4.69) is 38.8 Å². The van der Waals surface area contributed by atoms with E-state index in [1.165, 1.54) is 11.1 Å². The number of ether oxygens (including phenoxy) is 2. The molecular formula is C33H40ClN3O5S. The van der Waals surface area contributed by atoms with Crippen LogP contribution in [-0.4, -0.2) is 71.3 Å². The number of halogens is 1. The molecule has 2 fully saturated rings. The van der Waals surface area contributed by atoms with Gasteiger partial charge in [0.15, 0.2) is 0 Å². The fraction of sp³-hybridized carbons (Fsp3) is 0.545. The van der Waals surface area contributed by atoms with Crippen LogP contribution in [0.3, 0.4) is 0 Å². The number of fused-ring (bicyclic) bond motifs is 5. The number of sulfonamides is 1. The number of hydrogen-bond donors (Lipinski definition) is 1. The van der Waals surface area contributed by atoms with E-state index >= 15 is 0 Å². The molecule has 3 aliphatic heterocycles. The first-order valence-electron chi connectivity index (χ1n) is 15.6. The van der Waals surface area contributed by atoms with Crippen molar-refractivity contribution >= 4 is 33.2 Å². The fourth-order valence-corrected chi connectivity index (χ4v) is 9.35. The zero-order valence-electron chi connectivity index (χ0n) is 24.6. The summed E-state index contributed by atoms with van der Waals surface area (Å²) in [6.07, 6.45) is 10.9. The molecule has 5 aliphatic rings. The molecule has 1 saturated heterocycles. The molecule has 5 atom stereocenters. The summed E-state index contributed by atoms with van der Waals surface area (Å²) in [6.45, 7) is 3.32. The highest BCUT2D eigenvalue weighted by molar-refractivity contribution is 7.90. The van der Waals surface area contributed by atoms with Crippen molar-refractivity contribution in [2.24, 2.45) is 11.8 Å². The number of benzene rings is 2. The number of rotatable bonds is 1. The van der Waals surface area contributed by atoms with Crippen molar-refractivity contribution in [3.05, 3.63) is 64.7 Å². The standard InChI is InChI=1S/C33H40ClN3O5S/c1-41-30-7-4-16-36-15-3-6-28(36)32(38)35-43(39,40)25-10-13-31-29(18-25)37(19-23-8-11-26(23)30)20-33(21-42-31)14-2-5-22-17-24(34)9-12-27(22)33/h4,7,9-10,12-13,17-18,23,26,28,30H,2-3,5-6,8,11,14-16,19-21H2,1H3,(H,35,38)/b7-4+/t23-,26+,28-,30-,33-/m0/s1. The van der Waals surface area contributed by atoms with E-state index in [1.54, 1.807) is 25.3 Å². The van der Waals surface area contributed by atoms with Gasteiger partial charge in [-0.3, -0.25) is 9.69 Å². The molecule has 2 aliphatic carbocycles. The fourth-order valence-electron chi connectivity index (χ4n) is 8.13. The van der Waals surface area contributed by atoms with Gasteiger partial charge in [0.1, 0.15) is 5.75 Å². The van der Waals surface area contributed by atoms with Crippen LogP contribution in [0.2, 0.25) is 5.02 Å². The Morgan fingerprint density at radius 1 is 1.12 bits per heavy atom. The molecule has 0 unspecified atom stereocenters. The van der Waals surface area contributed by atoms with E-state index in [-0.39, 0.29) is 16.4 Å². The molecule has 230 valence electrons. The van der Waals surface area contributed by atoms with Crippen LogP contribution in [0.4, 0.5) is 5.69 Å². The van der Waals surface area contributed by atoms with Crippen LogP contribution in [0.1, 0.15) is 49.7 Å². The van der Waals surface area contributed by atoms with Gasteiger partial charge < -0.3 is 14.4 Å². The lowest BCUT2D eigenvalue weighted by Crippen LogP contribution is -2.49. The predicted octanol–water partition coefficient (Wildman–Crippen LogP) is 4.69. The maximum Gasteiger partial charge on any atom is 0.264 e. The lowest BCUT2D eigenvalue weighted by Gasteiger charge is -2.46. The molecule has 0 radical (unpaired) electrons. The third-order valence-electron chi connectivity index (χ3n) is 10.5. The Hall–Kier alpha value is -2.59. The zero-order chi connectivity index (χ0) is 29.8. The van der Waals surface area contributed by atoms with Gasteiger partial charge in [-0.1, -0.05) is 29.8 Å². The molecule has 1 amide bonds. The number of carbonyl (C=O) groups excluding carboxylic acids is 1. The van der Waals surface area contributed by atoms with E-state index in [0.717, 1.165) is 62.3 Å². The van der Waals surface area contributed by atoms with Crippen LogP contribution in [0.25, 0.3) is 0 Å². The minimum absolute atomic E-state index is 0.0116. The molecule has 7 rings (SSSR count). The van der Waals surface area contributed by atoms with Gasteiger partial charge in [-0.15, -0.1) is 0 Å². The van der Waals surface area contributed by atoms with Gasteiger partial charge in [0.2, 0.25) is 0 Å². The molecule has 1 N–H and O–H groups in total. The Morgan fingerprint density at radius 3 is 2.81 bits per heavy atom. The second kappa shape index (κ2) is 11.4. The maximum absolute atomic E-state index is 13.6. The molecule has 0 aromatic heterocycles. The van der Waals surface area contributed by atoms with Gasteiger partial charge in [-0.2, -0.15) is 0 Å². The third kappa shape index (κ3) is 5.36. The summed E-state index contributed by atoms with van der Waals surface area (Å²) >= 11 is 6.41. The van der Waals surface area contributed by atoms with Gasteiger partial charge in [-0.25, -0.2) is 13.1 Å². The number of nitrogens with one attached hydrogen (secondary N) is 1. The summed E-state index contributed by atoms with van der Waals surface area (Å²) in [5.74, 6) is 0.947. The Bertz CT molecular complexity index is 1550. The molecule has 10 heteroatoms. The number of anilines is 1. The highest BCUT2D eigenvalue weighted by atomic mass is 35.5. The van der Waals surface area contributed by atoms with Gasteiger partial charge in [-0.05, 0) is 105 Å². The van der Waals surface area contributed by atoms with Crippen molar-refractivity contribution in [1.29, 1.82) is 0 Å². The molecule has 3 heterocycles. The van der Waals surface area contributed by atoms with Gasteiger partial charge in [0.25, 0.3) is 15.9 Å². The largest absolute Gasteiger partial charge is 0.490 e. The summed E-state index contributed by atoms with van der Waals surface area (Å²) in [7, 11) is -2.30. The SMILES string of the molecule is CO[C@H]1/C=C/CN2CCC[C@H]2C(=O)NS(=O)(=O)c2ccc3c(c2)N(C[C@@H]2CC[C@H]21)C[C@@]1(CCCc2cc(Cl)ccc21)CO3. The zero-order valence-corrected chi connectivity index (χ0v) is 26.2. The van der Waals surface area contributed by atoms with Crippen LogP contribution in [-0.2, 0) is 31.4 Å². The average Bonchev–Trinajstić information content (AvgIpc) is 3.39. The molecule has 43 heavy (non-hydrogen) atoms. The molecule has 1 spiro atoms. The van der Waals surface area contributed by atoms with Crippen LogP contribution in [0, 0.1) is 11.8 Å². The summed E-state index contributed by atoms with van der Waals surface area (Å²) < 4.78 is 42.2. The van der Waals surface area contributed by atoms with E-state index in [1.807, 2.05) is 6.07 Å². The van der Waals surface area contributed by atoms with Crippen molar-refractivity contribution in [1.82, 2.24) is 9.62 Å². The van der Waals surface area contributed by atoms with E-state index in [4.69, 9.17) is 21.1 Å². The smallest absolute Gasteiger partial charge is 0.264 e. The summed E-state index contributed by atoms with van der Waals surface area (Å²) in [5, 5.41) is 0.743. The highest BCUT2D eigenvalue weighted by Crippen LogP contribution is 2.47. The van der Waals surface area contributed by atoms with E-state index in [9.17, 15) is 13.2 Å². The number of methoxy groups -OCH3 is 1. The monoisotopic (exact) mass is 625 g/mol. The van der Waals surface area contributed by atoms with Crippen molar-refractivity contribution in [3.63, 3.8) is 0 Å². The number of aryl methyl sites for hydroxylation is 1. The first kappa shape index (κ1) is 29.1. The second-order valence-corrected chi connectivity index (χ2v) is 15.1. The molecule has 2 aromatic rings. The predicted molar refractivity (Wildman–Crippen MR) is 166 cm³/mol. The van der Waals surface area contributed by atoms with Crippen molar-refractivity contribution < 1.29 is 22.7 Å². The number of nitrogens with zero attached hydrogens (tertiary/aromatic N) is 2. The first-order valence-corrected chi connectivity index (χ1v) is 17.4. The van der Waals surface area contributed by atoms with Gasteiger partial charge in [0.05, 0.1) is 29.3 Å². The Morgan fingerprint density at radius 2 is 2.00 bits per heavy atom. The quantitative estimate of drug-likeness (QED) is 0.460. The molecule has 8 nitrogen and oxygen atoms in total. The number of hydrogen-bond acceptors (Lipinski definition) is 7. The van der Waals surface area contributed by atoms with E-state index < -0.39 is 22.0 Å². The Balaban J connectivity index is 1.31. The number of amides is 1. The normalized spacial score (nSPS) is 32.8. The van der Waals surface area contributed by atoms with Crippen molar-refractivity contribution in [3.8, 4) is 5.75 Å². The minimum atomic E-state index is -4.08. The lowest BCUT2D eigenvalue weighted by atomic mass is 9.68.